The van der Waals surface area contributed by atoms with Gasteiger partial charge in [-0.15, -0.1) is 0 Å². The first-order chi connectivity index (χ1) is 8.59. The van der Waals surface area contributed by atoms with Crippen molar-refractivity contribution in [2.24, 2.45) is 0 Å². The van der Waals surface area contributed by atoms with Gasteiger partial charge < -0.3 is 9.47 Å². The maximum atomic E-state index is 11.9. The highest BCUT2D eigenvalue weighted by molar-refractivity contribution is 9.08. The van der Waals surface area contributed by atoms with Crippen LogP contribution in [0.3, 0.4) is 0 Å². The molecule has 1 atom stereocenters. The van der Waals surface area contributed by atoms with Crippen molar-refractivity contribution in [3.63, 3.8) is 0 Å². The van der Waals surface area contributed by atoms with Crippen LogP contribution in [-0.4, -0.2) is 18.2 Å². The van der Waals surface area contributed by atoms with Crippen molar-refractivity contribution in [3.05, 3.63) is 29.3 Å². The first kappa shape index (κ1) is 13.4. The summed E-state index contributed by atoms with van der Waals surface area (Å²) in [7, 11) is 0. The van der Waals surface area contributed by atoms with E-state index in [1.807, 2.05) is 6.07 Å². The van der Waals surface area contributed by atoms with Gasteiger partial charge in [-0.2, -0.15) is 0 Å². The van der Waals surface area contributed by atoms with Gasteiger partial charge in [0.1, 0.15) is 5.75 Å². The molecular weight excluding hydrogens is 296 g/mol. The van der Waals surface area contributed by atoms with Gasteiger partial charge in [-0.05, 0) is 37.5 Å². The van der Waals surface area contributed by atoms with Crippen LogP contribution >= 0.6 is 15.9 Å². The lowest BCUT2D eigenvalue weighted by molar-refractivity contribution is -0.161. The van der Waals surface area contributed by atoms with Crippen LogP contribution in [-0.2, 0) is 21.3 Å². The number of carbonyl (C=O) groups is 1. The van der Waals surface area contributed by atoms with Crippen LogP contribution in [0.4, 0.5) is 0 Å². The monoisotopic (exact) mass is 312 g/mol. The molecule has 3 nitrogen and oxygen atoms in total. The summed E-state index contributed by atoms with van der Waals surface area (Å²) in [5.41, 5.74) is 1.44. The minimum Gasteiger partial charge on any atom is -0.476 e. The van der Waals surface area contributed by atoms with Gasteiger partial charge >= 0.3 is 5.97 Å². The lowest BCUT2D eigenvalue weighted by Gasteiger charge is -2.33. The average molecular weight is 313 g/mol. The molecule has 0 spiro atoms. The fourth-order valence-corrected chi connectivity index (χ4v) is 2.43. The second-order valence-electron chi connectivity index (χ2n) is 4.63. The van der Waals surface area contributed by atoms with Gasteiger partial charge in [0.25, 0.3) is 0 Å². The van der Waals surface area contributed by atoms with Crippen molar-refractivity contribution in [2.75, 3.05) is 6.61 Å². The molecule has 98 valence electrons. The number of fused-ring (bicyclic) bond motifs is 1. The number of hydrogen-bond acceptors (Lipinski definition) is 3. The maximum Gasteiger partial charge on any atom is 0.350 e. The molecule has 2 rings (SSSR count). The third kappa shape index (κ3) is 2.53. The zero-order chi connectivity index (χ0) is 13.2. The normalized spacial score (nSPS) is 21.9. The predicted molar refractivity (Wildman–Crippen MR) is 73.1 cm³/mol. The number of aryl methyl sites for hydroxylation is 1. The Morgan fingerprint density at radius 2 is 2.33 bits per heavy atom. The minimum absolute atomic E-state index is 0.278. The summed E-state index contributed by atoms with van der Waals surface area (Å²) in [6.07, 6.45) is 1.50. The number of rotatable bonds is 3. The van der Waals surface area contributed by atoms with Gasteiger partial charge in [0.15, 0.2) is 0 Å². The highest BCUT2D eigenvalue weighted by Gasteiger charge is 2.40. The van der Waals surface area contributed by atoms with Gasteiger partial charge in [0.05, 0.1) is 6.61 Å². The second-order valence-corrected chi connectivity index (χ2v) is 5.19. The summed E-state index contributed by atoms with van der Waals surface area (Å²) >= 11 is 3.42. The Hall–Kier alpha value is -1.03. The lowest BCUT2D eigenvalue weighted by Crippen LogP contribution is -2.45. The Balaban J connectivity index is 2.24. The van der Waals surface area contributed by atoms with Crippen molar-refractivity contribution in [2.45, 2.75) is 37.6 Å². The molecule has 0 N–H and O–H groups in total. The standard InChI is InChI=1S/C14H17BrO3/c1-3-17-13(16)14(2)7-6-11-5-4-10(9-15)8-12(11)18-14/h4-5,8H,3,6-7,9H2,1-2H3. The summed E-state index contributed by atoms with van der Waals surface area (Å²) in [4.78, 5) is 11.9. The van der Waals surface area contributed by atoms with E-state index in [2.05, 4.69) is 28.1 Å². The van der Waals surface area contributed by atoms with Crippen LogP contribution in [0.2, 0.25) is 0 Å². The molecule has 0 bridgehead atoms. The summed E-state index contributed by atoms with van der Waals surface area (Å²) in [5, 5.41) is 0.778. The molecule has 1 aliphatic rings. The molecule has 4 heteroatoms. The third-order valence-corrected chi connectivity index (χ3v) is 3.85. The van der Waals surface area contributed by atoms with E-state index < -0.39 is 5.60 Å². The smallest absolute Gasteiger partial charge is 0.350 e. The van der Waals surface area contributed by atoms with E-state index in [4.69, 9.17) is 9.47 Å². The first-order valence-corrected chi connectivity index (χ1v) is 7.25. The Bertz CT molecular complexity index is 458. The van der Waals surface area contributed by atoms with E-state index in [0.717, 1.165) is 28.6 Å². The predicted octanol–water partition coefficient (Wildman–Crippen LogP) is 3.23. The van der Waals surface area contributed by atoms with Crippen molar-refractivity contribution in [1.82, 2.24) is 0 Å². The van der Waals surface area contributed by atoms with Crippen LogP contribution in [0.15, 0.2) is 18.2 Å². The molecule has 1 aromatic rings. The van der Waals surface area contributed by atoms with Crippen LogP contribution in [0.1, 0.15) is 31.4 Å². The Morgan fingerprint density at radius 3 is 3.00 bits per heavy atom. The number of esters is 1. The number of benzene rings is 1. The van der Waals surface area contributed by atoms with Gasteiger partial charge in [-0.1, -0.05) is 28.1 Å². The van der Waals surface area contributed by atoms with Crippen molar-refractivity contribution in [3.8, 4) is 5.75 Å². The molecule has 1 aromatic carbocycles. The summed E-state index contributed by atoms with van der Waals surface area (Å²) < 4.78 is 11.0. The van der Waals surface area contributed by atoms with Crippen LogP contribution in [0, 0.1) is 0 Å². The molecule has 0 radical (unpaired) electrons. The lowest BCUT2D eigenvalue weighted by atomic mass is 9.92. The molecule has 0 saturated carbocycles. The van der Waals surface area contributed by atoms with Crippen molar-refractivity contribution >= 4 is 21.9 Å². The quantitative estimate of drug-likeness (QED) is 0.635. The first-order valence-electron chi connectivity index (χ1n) is 6.13. The van der Waals surface area contributed by atoms with Gasteiger partial charge in [-0.3, -0.25) is 0 Å². The minimum atomic E-state index is -0.853. The van der Waals surface area contributed by atoms with Crippen molar-refractivity contribution < 1.29 is 14.3 Å². The van der Waals surface area contributed by atoms with Crippen LogP contribution < -0.4 is 4.74 Å². The Kier molecular flexibility index (Phi) is 3.95. The zero-order valence-corrected chi connectivity index (χ0v) is 12.2. The maximum absolute atomic E-state index is 11.9. The highest BCUT2D eigenvalue weighted by atomic mass is 79.9. The molecule has 0 aliphatic carbocycles. The number of alkyl halides is 1. The number of hydrogen-bond donors (Lipinski definition) is 0. The fourth-order valence-electron chi connectivity index (χ4n) is 2.08. The van der Waals surface area contributed by atoms with Gasteiger partial charge in [-0.25, -0.2) is 4.79 Å². The number of carbonyl (C=O) groups excluding carboxylic acids is 1. The average Bonchev–Trinajstić information content (AvgIpc) is 2.38. The van der Waals surface area contributed by atoms with Gasteiger partial charge in [0.2, 0.25) is 5.60 Å². The molecule has 0 fully saturated rings. The van der Waals surface area contributed by atoms with E-state index >= 15 is 0 Å². The highest BCUT2D eigenvalue weighted by Crippen LogP contribution is 2.35. The number of ether oxygens (including phenoxy) is 2. The van der Waals surface area contributed by atoms with Crippen LogP contribution in [0.25, 0.3) is 0 Å². The van der Waals surface area contributed by atoms with Gasteiger partial charge in [0, 0.05) is 11.8 Å². The largest absolute Gasteiger partial charge is 0.476 e. The fraction of sp³-hybridized carbons (Fsp3) is 0.500. The molecule has 18 heavy (non-hydrogen) atoms. The Morgan fingerprint density at radius 1 is 1.56 bits per heavy atom. The molecule has 1 aliphatic heterocycles. The van der Waals surface area contributed by atoms with E-state index in [-0.39, 0.29) is 5.97 Å². The molecule has 0 aromatic heterocycles. The van der Waals surface area contributed by atoms with E-state index in [9.17, 15) is 4.79 Å². The molecule has 1 unspecified atom stereocenters. The summed E-state index contributed by atoms with van der Waals surface area (Å²) in [5.74, 6) is 0.522. The topological polar surface area (TPSA) is 35.5 Å². The SMILES string of the molecule is CCOC(=O)C1(C)CCc2ccc(CBr)cc2O1. The van der Waals surface area contributed by atoms with Crippen LogP contribution in [0.5, 0.6) is 5.75 Å². The molecule has 1 heterocycles. The van der Waals surface area contributed by atoms with E-state index in [0.29, 0.717) is 13.0 Å². The Labute approximate surface area is 116 Å². The van der Waals surface area contributed by atoms with E-state index in [1.165, 1.54) is 0 Å². The zero-order valence-electron chi connectivity index (χ0n) is 10.7. The molecule has 0 amide bonds. The molecule has 0 saturated heterocycles. The second kappa shape index (κ2) is 5.31. The molecular formula is C14H17BrO3. The summed E-state index contributed by atoms with van der Waals surface area (Å²) in [6.45, 7) is 3.99. The third-order valence-electron chi connectivity index (χ3n) is 3.20. The summed E-state index contributed by atoms with van der Waals surface area (Å²) in [6, 6.07) is 6.13. The van der Waals surface area contributed by atoms with Crippen molar-refractivity contribution in [1.29, 1.82) is 0 Å². The number of halogens is 1. The van der Waals surface area contributed by atoms with E-state index in [1.54, 1.807) is 13.8 Å².